The van der Waals surface area contributed by atoms with E-state index in [1.165, 1.54) is 51.7 Å². The lowest BCUT2D eigenvalue weighted by Crippen LogP contribution is -2.48. The van der Waals surface area contributed by atoms with Gasteiger partial charge in [0.2, 0.25) is 0 Å². The zero-order chi connectivity index (χ0) is 13.8. The molecule has 1 saturated heterocycles. The van der Waals surface area contributed by atoms with Crippen molar-refractivity contribution in [3.05, 3.63) is 0 Å². The van der Waals surface area contributed by atoms with Gasteiger partial charge in [-0.3, -0.25) is 0 Å². The molecule has 1 aliphatic carbocycles. The molecule has 2 rings (SSSR count). The quantitative estimate of drug-likeness (QED) is 0.819. The molecule has 2 heteroatoms. The van der Waals surface area contributed by atoms with E-state index in [-0.39, 0.29) is 0 Å². The average molecular weight is 266 g/mol. The number of rotatable bonds is 5. The van der Waals surface area contributed by atoms with E-state index in [1.807, 2.05) is 0 Å². The summed E-state index contributed by atoms with van der Waals surface area (Å²) in [6, 6.07) is 1.46. The van der Waals surface area contributed by atoms with Crippen LogP contribution in [0.1, 0.15) is 59.8 Å². The highest BCUT2D eigenvalue weighted by atomic mass is 15.1. The molecule has 0 bridgehead atoms. The van der Waals surface area contributed by atoms with E-state index in [4.69, 9.17) is 0 Å². The molecule has 5 unspecified atom stereocenters. The lowest BCUT2D eigenvalue weighted by molar-refractivity contribution is 0.143. The lowest BCUT2D eigenvalue weighted by Gasteiger charge is -2.37. The Kier molecular flexibility index (Phi) is 5.70. The second kappa shape index (κ2) is 7.08. The van der Waals surface area contributed by atoms with Crippen molar-refractivity contribution >= 4 is 0 Å². The Labute approximate surface area is 120 Å². The van der Waals surface area contributed by atoms with Gasteiger partial charge in [-0.25, -0.2) is 0 Å². The predicted molar refractivity (Wildman–Crippen MR) is 83.4 cm³/mol. The van der Waals surface area contributed by atoms with Gasteiger partial charge in [-0.1, -0.05) is 20.8 Å². The first-order chi connectivity index (χ1) is 9.11. The normalized spacial score (nSPS) is 38.5. The Bertz CT molecular complexity index is 264. The van der Waals surface area contributed by atoms with Crippen LogP contribution in [0.4, 0.5) is 0 Å². The third-order valence-electron chi connectivity index (χ3n) is 5.73. The average Bonchev–Trinajstić information content (AvgIpc) is 2.71. The van der Waals surface area contributed by atoms with E-state index >= 15 is 0 Å². The third kappa shape index (κ3) is 3.95. The summed E-state index contributed by atoms with van der Waals surface area (Å²) in [7, 11) is 0. The number of piperidine rings is 1. The van der Waals surface area contributed by atoms with Crippen LogP contribution in [-0.4, -0.2) is 36.6 Å². The summed E-state index contributed by atoms with van der Waals surface area (Å²) in [6.07, 6.45) is 6.92. The van der Waals surface area contributed by atoms with E-state index < -0.39 is 0 Å². The molecule has 2 aliphatic rings. The molecule has 2 fully saturated rings. The summed E-state index contributed by atoms with van der Waals surface area (Å²) in [4.78, 5) is 2.67. The largest absolute Gasteiger partial charge is 0.311 e. The molecule has 19 heavy (non-hydrogen) atoms. The van der Waals surface area contributed by atoms with Crippen LogP contribution in [0.2, 0.25) is 0 Å². The molecule has 112 valence electrons. The van der Waals surface area contributed by atoms with Crippen molar-refractivity contribution in [2.75, 3.05) is 19.6 Å². The molecule has 1 aliphatic heterocycles. The fraction of sp³-hybridized carbons (Fsp3) is 1.00. The minimum Gasteiger partial charge on any atom is -0.311 e. The third-order valence-corrected chi connectivity index (χ3v) is 5.73. The van der Waals surface area contributed by atoms with Crippen LogP contribution in [-0.2, 0) is 0 Å². The maximum atomic E-state index is 3.96. The van der Waals surface area contributed by atoms with Gasteiger partial charge >= 0.3 is 0 Å². The van der Waals surface area contributed by atoms with Crippen molar-refractivity contribution in [1.82, 2.24) is 10.2 Å². The van der Waals surface area contributed by atoms with Crippen molar-refractivity contribution in [1.29, 1.82) is 0 Å². The molecule has 0 spiro atoms. The Morgan fingerprint density at radius 2 is 2.00 bits per heavy atom. The van der Waals surface area contributed by atoms with Crippen molar-refractivity contribution in [2.24, 2.45) is 17.8 Å². The number of hydrogen-bond donors (Lipinski definition) is 1. The zero-order valence-electron chi connectivity index (χ0n) is 13.5. The zero-order valence-corrected chi connectivity index (χ0v) is 13.5. The predicted octanol–water partition coefficient (Wildman–Crippen LogP) is 3.52. The van der Waals surface area contributed by atoms with Gasteiger partial charge in [-0.2, -0.15) is 0 Å². The van der Waals surface area contributed by atoms with Gasteiger partial charge < -0.3 is 10.2 Å². The van der Waals surface area contributed by atoms with Crippen LogP contribution in [0.5, 0.6) is 0 Å². The van der Waals surface area contributed by atoms with E-state index in [2.05, 4.69) is 37.9 Å². The second-order valence-electron chi connectivity index (χ2n) is 7.18. The first-order valence-corrected chi connectivity index (χ1v) is 8.60. The van der Waals surface area contributed by atoms with Gasteiger partial charge in [0.05, 0.1) is 0 Å². The summed E-state index contributed by atoms with van der Waals surface area (Å²) in [5, 5.41) is 3.96. The highest BCUT2D eigenvalue weighted by molar-refractivity contribution is 4.89. The van der Waals surface area contributed by atoms with Gasteiger partial charge in [-0.15, -0.1) is 0 Å². The van der Waals surface area contributed by atoms with Crippen molar-refractivity contribution in [3.8, 4) is 0 Å². The summed E-state index contributed by atoms with van der Waals surface area (Å²) in [6.45, 7) is 13.5. The van der Waals surface area contributed by atoms with E-state index in [0.717, 1.165) is 23.8 Å². The first-order valence-electron chi connectivity index (χ1n) is 8.60. The molecule has 0 radical (unpaired) electrons. The van der Waals surface area contributed by atoms with Crippen LogP contribution in [0.25, 0.3) is 0 Å². The molecule has 5 atom stereocenters. The summed E-state index contributed by atoms with van der Waals surface area (Å²) in [5.74, 6) is 2.63. The minimum absolute atomic E-state index is 0.692. The maximum Gasteiger partial charge on any atom is 0.00979 e. The first kappa shape index (κ1) is 15.3. The molecule has 1 N–H and O–H groups in total. The van der Waals surface area contributed by atoms with E-state index in [1.54, 1.807) is 0 Å². The number of hydrogen-bond acceptors (Lipinski definition) is 2. The molecule has 1 heterocycles. The van der Waals surface area contributed by atoms with Crippen LogP contribution in [0, 0.1) is 17.8 Å². The van der Waals surface area contributed by atoms with Crippen LogP contribution < -0.4 is 5.32 Å². The minimum atomic E-state index is 0.692. The van der Waals surface area contributed by atoms with Gasteiger partial charge in [0.1, 0.15) is 0 Å². The van der Waals surface area contributed by atoms with Gasteiger partial charge in [0.25, 0.3) is 0 Å². The molecular weight excluding hydrogens is 232 g/mol. The molecule has 0 aromatic carbocycles. The lowest BCUT2D eigenvalue weighted by atomic mass is 9.89. The van der Waals surface area contributed by atoms with Crippen molar-refractivity contribution in [2.45, 2.75) is 71.9 Å². The van der Waals surface area contributed by atoms with Gasteiger partial charge in [0, 0.05) is 18.6 Å². The number of likely N-dealkylation sites (tertiary alicyclic amines) is 1. The summed E-state index contributed by atoms with van der Waals surface area (Å²) in [5.41, 5.74) is 0. The molecule has 0 amide bonds. The second-order valence-corrected chi connectivity index (χ2v) is 7.18. The van der Waals surface area contributed by atoms with Crippen LogP contribution in [0.15, 0.2) is 0 Å². The van der Waals surface area contributed by atoms with E-state index in [9.17, 15) is 0 Å². The molecule has 1 saturated carbocycles. The Hall–Kier alpha value is -0.0800. The number of nitrogens with zero attached hydrogens (tertiary/aromatic N) is 1. The smallest absolute Gasteiger partial charge is 0.00979 e. The highest BCUT2D eigenvalue weighted by Gasteiger charge is 2.32. The van der Waals surface area contributed by atoms with E-state index in [0.29, 0.717) is 6.04 Å². The molecule has 0 aromatic heterocycles. The van der Waals surface area contributed by atoms with Crippen LogP contribution >= 0.6 is 0 Å². The van der Waals surface area contributed by atoms with Crippen molar-refractivity contribution in [3.63, 3.8) is 0 Å². The monoisotopic (exact) mass is 266 g/mol. The number of nitrogens with one attached hydrogen (secondary N) is 1. The maximum absolute atomic E-state index is 3.96. The Morgan fingerprint density at radius 1 is 1.21 bits per heavy atom. The molecule has 0 aromatic rings. The molecule has 2 nitrogen and oxygen atoms in total. The van der Waals surface area contributed by atoms with Gasteiger partial charge in [-0.05, 0) is 69.9 Å². The van der Waals surface area contributed by atoms with Gasteiger partial charge in [0.15, 0.2) is 0 Å². The van der Waals surface area contributed by atoms with Crippen molar-refractivity contribution < 1.29 is 0 Å². The standard InChI is InChI=1S/C17H34N2/c1-5-10-19-11-6-7-16(12-19)15(4)18-17-9-8-13(2)14(17)3/h13-18H,5-12H2,1-4H3. The molecular formula is C17H34N2. The summed E-state index contributed by atoms with van der Waals surface area (Å²) < 4.78 is 0. The fourth-order valence-corrected chi connectivity index (χ4v) is 4.09. The SMILES string of the molecule is CCCN1CCCC(C(C)NC2CCC(C)C2C)C1. The Morgan fingerprint density at radius 3 is 2.63 bits per heavy atom. The summed E-state index contributed by atoms with van der Waals surface area (Å²) >= 11 is 0. The fourth-order valence-electron chi connectivity index (χ4n) is 4.09. The highest BCUT2D eigenvalue weighted by Crippen LogP contribution is 2.32. The van der Waals surface area contributed by atoms with Crippen LogP contribution in [0.3, 0.4) is 0 Å². The Balaban J connectivity index is 1.80. The topological polar surface area (TPSA) is 15.3 Å².